The van der Waals surface area contributed by atoms with Crippen molar-refractivity contribution in [3.63, 3.8) is 0 Å². The molecule has 0 aliphatic rings. The van der Waals surface area contributed by atoms with E-state index >= 15 is 0 Å². The third kappa shape index (κ3) is 5.04. The summed E-state index contributed by atoms with van der Waals surface area (Å²) >= 11 is 0. The molecule has 3 N–H and O–H groups in total. The summed E-state index contributed by atoms with van der Waals surface area (Å²) in [6, 6.07) is 17.9. The Kier molecular flexibility index (Phi) is 5.52. The van der Waals surface area contributed by atoms with Gasteiger partial charge in [0.2, 0.25) is 5.91 Å². The molecule has 3 nitrogen and oxygen atoms in total. The number of carbonyl (C=O) groups is 1. The summed E-state index contributed by atoms with van der Waals surface area (Å²) in [4.78, 5) is 11.9. The Hall–Kier alpha value is -2.13. The van der Waals surface area contributed by atoms with Crippen molar-refractivity contribution in [1.29, 1.82) is 0 Å². The van der Waals surface area contributed by atoms with Crippen molar-refractivity contribution in [3.8, 4) is 0 Å². The first-order valence-corrected chi connectivity index (χ1v) is 7.34. The van der Waals surface area contributed by atoms with E-state index in [4.69, 9.17) is 5.73 Å². The Balaban J connectivity index is 1.80. The lowest BCUT2D eigenvalue weighted by Crippen LogP contribution is -2.12. The van der Waals surface area contributed by atoms with E-state index in [9.17, 15) is 4.79 Å². The third-order valence-electron chi connectivity index (χ3n) is 3.41. The molecule has 0 radical (unpaired) electrons. The molecule has 2 aromatic carbocycles. The van der Waals surface area contributed by atoms with Crippen LogP contribution < -0.4 is 11.1 Å². The molecule has 21 heavy (non-hydrogen) atoms. The van der Waals surface area contributed by atoms with Gasteiger partial charge >= 0.3 is 0 Å². The molecule has 0 fully saturated rings. The summed E-state index contributed by atoms with van der Waals surface area (Å²) in [7, 11) is 0. The number of nitrogens with two attached hydrogens (primary N) is 1. The minimum absolute atomic E-state index is 0.0278. The van der Waals surface area contributed by atoms with Gasteiger partial charge in [0.25, 0.3) is 0 Å². The molecule has 2 aromatic rings. The van der Waals surface area contributed by atoms with Crippen LogP contribution >= 0.6 is 0 Å². The van der Waals surface area contributed by atoms with Gasteiger partial charge in [-0.1, -0.05) is 42.5 Å². The van der Waals surface area contributed by atoms with Gasteiger partial charge in [-0.2, -0.15) is 0 Å². The highest BCUT2D eigenvalue weighted by molar-refractivity contribution is 5.90. The van der Waals surface area contributed by atoms with Crippen molar-refractivity contribution < 1.29 is 4.79 Å². The first-order valence-electron chi connectivity index (χ1n) is 7.34. The summed E-state index contributed by atoms with van der Waals surface area (Å²) in [5.74, 6) is 0.0488. The zero-order valence-corrected chi connectivity index (χ0v) is 12.4. The highest BCUT2D eigenvalue weighted by Gasteiger charge is 2.05. The fourth-order valence-corrected chi connectivity index (χ4v) is 2.22. The maximum Gasteiger partial charge on any atom is 0.224 e. The van der Waals surface area contributed by atoms with Gasteiger partial charge in [-0.25, -0.2) is 0 Å². The largest absolute Gasteiger partial charge is 0.326 e. The van der Waals surface area contributed by atoms with E-state index in [2.05, 4.69) is 17.4 Å². The van der Waals surface area contributed by atoms with E-state index in [1.165, 1.54) is 5.56 Å². The molecule has 0 aromatic heterocycles. The minimum atomic E-state index is -0.0278. The zero-order chi connectivity index (χ0) is 15.1. The third-order valence-corrected chi connectivity index (χ3v) is 3.41. The van der Waals surface area contributed by atoms with Gasteiger partial charge in [-0.15, -0.1) is 0 Å². The lowest BCUT2D eigenvalue weighted by Gasteiger charge is -2.09. The van der Waals surface area contributed by atoms with Crippen LogP contribution in [0.4, 0.5) is 5.69 Å². The number of hydrogen-bond acceptors (Lipinski definition) is 2. The normalized spacial score (nSPS) is 11.9. The van der Waals surface area contributed by atoms with Crippen molar-refractivity contribution >= 4 is 11.6 Å². The first-order chi connectivity index (χ1) is 10.1. The molecule has 0 saturated heterocycles. The molecule has 0 spiro atoms. The molecule has 0 aliphatic heterocycles. The fraction of sp³-hybridized carbons (Fsp3) is 0.278. The molecule has 110 valence electrons. The Labute approximate surface area is 126 Å². The number of carbonyl (C=O) groups excluding carboxylic acids is 1. The number of anilines is 1. The Morgan fingerprint density at radius 2 is 1.90 bits per heavy atom. The molecule has 0 heterocycles. The van der Waals surface area contributed by atoms with Crippen LogP contribution in [0.2, 0.25) is 0 Å². The summed E-state index contributed by atoms with van der Waals surface area (Å²) < 4.78 is 0. The van der Waals surface area contributed by atoms with E-state index in [-0.39, 0.29) is 11.9 Å². The second-order valence-electron chi connectivity index (χ2n) is 5.30. The van der Waals surface area contributed by atoms with Crippen LogP contribution in [0.1, 0.15) is 36.9 Å². The Morgan fingerprint density at radius 1 is 1.14 bits per heavy atom. The highest BCUT2D eigenvalue weighted by atomic mass is 16.1. The summed E-state index contributed by atoms with van der Waals surface area (Å²) in [5, 5.41) is 2.93. The fourth-order valence-electron chi connectivity index (χ4n) is 2.22. The number of hydrogen-bond donors (Lipinski definition) is 2. The van der Waals surface area contributed by atoms with Gasteiger partial charge in [0.05, 0.1) is 0 Å². The lowest BCUT2D eigenvalue weighted by atomic mass is 10.1. The minimum Gasteiger partial charge on any atom is -0.326 e. The number of nitrogens with one attached hydrogen (secondary N) is 1. The second kappa shape index (κ2) is 7.60. The molecule has 2 rings (SSSR count). The quantitative estimate of drug-likeness (QED) is 0.849. The molecule has 0 bridgehead atoms. The molecule has 3 heteroatoms. The van der Waals surface area contributed by atoms with Gasteiger partial charge in [0, 0.05) is 18.2 Å². The van der Waals surface area contributed by atoms with Crippen LogP contribution in [0.5, 0.6) is 0 Å². The smallest absolute Gasteiger partial charge is 0.224 e. The van der Waals surface area contributed by atoms with Crippen LogP contribution in [0.25, 0.3) is 0 Å². The van der Waals surface area contributed by atoms with Crippen molar-refractivity contribution in [2.75, 3.05) is 5.32 Å². The predicted molar refractivity (Wildman–Crippen MR) is 87.1 cm³/mol. The van der Waals surface area contributed by atoms with Crippen molar-refractivity contribution in [1.82, 2.24) is 0 Å². The number of amides is 1. The van der Waals surface area contributed by atoms with E-state index in [0.717, 1.165) is 24.1 Å². The number of aryl methyl sites for hydroxylation is 1. The molecular weight excluding hydrogens is 260 g/mol. The van der Waals surface area contributed by atoms with E-state index in [0.29, 0.717) is 6.42 Å². The Morgan fingerprint density at radius 3 is 2.62 bits per heavy atom. The summed E-state index contributed by atoms with van der Waals surface area (Å²) in [6.07, 6.45) is 2.30. The van der Waals surface area contributed by atoms with Crippen LogP contribution in [-0.2, 0) is 11.2 Å². The molecule has 1 atom stereocenters. The Bertz CT molecular complexity index is 579. The maximum atomic E-state index is 11.9. The van der Waals surface area contributed by atoms with Crippen molar-refractivity contribution in [2.24, 2.45) is 5.73 Å². The maximum absolute atomic E-state index is 11.9. The lowest BCUT2D eigenvalue weighted by molar-refractivity contribution is -0.116. The van der Waals surface area contributed by atoms with Gasteiger partial charge in [-0.05, 0) is 43.0 Å². The molecule has 1 amide bonds. The zero-order valence-electron chi connectivity index (χ0n) is 12.4. The van der Waals surface area contributed by atoms with E-state index < -0.39 is 0 Å². The second-order valence-corrected chi connectivity index (χ2v) is 5.30. The number of benzene rings is 2. The van der Waals surface area contributed by atoms with Crippen molar-refractivity contribution in [3.05, 3.63) is 65.7 Å². The van der Waals surface area contributed by atoms with E-state index in [1.54, 1.807) is 0 Å². The highest BCUT2D eigenvalue weighted by Crippen LogP contribution is 2.16. The van der Waals surface area contributed by atoms with Gasteiger partial charge in [0.1, 0.15) is 0 Å². The SMILES string of the molecule is CC(N)c1cccc(NC(=O)CCCc2ccccc2)c1. The van der Waals surface area contributed by atoms with Crippen LogP contribution in [0.3, 0.4) is 0 Å². The van der Waals surface area contributed by atoms with Crippen LogP contribution in [0.15, 0.2) is 54.6 Å². The molecular formula is C18H22N2O. The van der Waals surface area contributed by atoms with Gasteiger partial charge in [0.15, 0.2) is 0 Å². The monoisotopic (exact) mass is 282 g/mol. The van der Waals surface area contributed by atoms with Crippen LogP contribution in [-0.4, -0.2) is 5.91 Å². The summed E-state index contributed by atoms with van der Waals surface area (Å²) in [5.41, 5.74) is 8.95. The topological polar surface area (TPSA) is 55.1 Å². The van der Waals surface area contributed by atoms with E-state index in [1.807, 2.05) is 49.4 Å². The first kappa shape index (κ1) is 15.3. The average molecular weight is 282 g/mol. The molecule has 1 unspecified atom stereocenters. The standard InChI is InChI=1S/C18H22N2O/c1-14(19)16-10-6-11-17(13-16)20-18(21)12-5-9-15-7-3-2-4-8-15/h2-4,6-8,10-11,13-14H,5,9,12,19H2,1H3,(H,20,21). The van der Waals surface area contributed by atoms with Gasteiger partial charge in [-0.3, -0.25) is 4.79 Å². The summed E-state index contributed by atoms with van der Waals surface area (Å²) in [6.45, 7) is 1.93. The molecule has 0 aliphatic carbocycles. The molecule has 0 saturated carbocycles. The van der Waals surface area contributed by atoms with Gasteiger partial charge < -0.3 is 11.1 Å². The predicted octanol–water partition coefficient (Wildman–Crippen LogP) is 3.67. The van der Waals surface area contributed by atoms with Crippen molar-refractivity contribution in [2.45, 2.75) is 32.2 Å². The average Bonchev–Trinajstić information content (AvgIpc) is 2.48. The number of rotatable bonds is 6. The van der Waals surface area contributed by atoms with Crippen LogP contribution in [0, 0.1) is 0 Å².